The summed E-state index contributed by atoms with van der Waals surface area (Å²) in [5.74, 6) is -6.49. The van der Waals surface area contributed by atoms with Crippen LogP contribution < -0.4 is 5.73 Å². The second kappa shape index (κ2) is 5.44. The summed E-state index contributed by atoms with van der Waals surface area (Å²) in [5, 5.41) is 0. The number of nitrogens with two attached hydrogens (primary N) is 1. The van der Waals surface area contributed by atoms with Crippen LogP contribution in [0.1, 0.15) is 11.5 Å². The molecule has 5 nitrogen and oxygen atoms in total. The first-order chi connectivity index (χ1) is 8.43. The standard InChI is InChI=1S/C11H11F2NO4/c1-17-10(15)7(11(16)18-2)5-3-4-6(14)9(13)8(5)12/h3-4,7H,14H2,1-2H3. The lowest BCUT2D eigenvalue weighted by molar-refractivity contribution is -0.154. The number of halogens is 2. The van der Waals surface area contributed by atoms with E-state index in [1.165, 1.54) is 0 Å². The summed E-state index contributed by atoms with van der Waals surface area (Å²) in [4.78, 5) is 22.8. The Morgan fingerprint density at radius 1 is 1.11 bits per heavy atom. The Morgan fingerprint density at radius 3 is 2.06 bits per heavy atom. The quantitative estimate of drug-likeness (QED) is 0.497. The van der Waals surface area contributed by atoms with Crippen LogP contribution in [-0.4, -0.2) is 26.2 Å². The van der Waals surface area contributed by atoms with Crippen molar-refractivity contribution in [2.45, 2.75) is 5.92 Å². The Labute approximate surface area is 101 Å². The van der Waals surface area contributed by atoms with Gasteiger partial charge in [0.1, 0.15) is 0 Å². The van der Waals surface area contributed by atoms with Gasteiger partial charge in [-0.05, 0) is 6.07 Å². The Balaban J connectivity index is 3.34. The van der Waals surface area contributed by atoms with Crippen molar-refractivity contribution in [2.75, 3.05) is 20.0 Å². The molecule has 1 rings (SSSR count). The molecule has 7 heteroatoms. The van der Waals surface area contributed by atoms with Gasteiger partial charge >= 0.3 is 11.9 Å². The molecule has 18 heavy (non-hydrogen) atoms. The fourth-order valence-corrected chi connectivity index (χ4v) is 1.39. The van der Waals surface area contributed by atoms with E-state index < -0.39 is 40.7 Å². The number of methoxy groups -OCH3 is 2. The average molecular weight is 259 g/mol. The van der Waals surface area contributed by atoms with Gasteiger partial charge in [-0.1, -0.05) is 6.07 Å². The number of carbonyl (C=O) groups is 2. The number of hydrogen-bond donors (Lipinski definition) is 1. The maximum absolute atomic E-state index is 13.6. The summed E-state index contributed by atoms with van der Waals surface area (Å²) in [5.41, 5.74) is 4.25. The minimum absolute atomic E-state index is 0.426. The van der Waals surface area contributed by atoms with Gasteiger partial charge in [-0.2, -0.15) is 0 Å². The Kier molecular flexibility index (Phi) is 4.19. The van der Waals surface area contributed by atoms with Crippen molar-refractivity contribution in [3.63, 3.8) is 0 Å². The minimum Gasteiger partial charge on any atom is -0.468 e. The number of carbonyl (C=O) groups excluding carboxylic acids is 2. The molecular formula is C11H11F2NO4. The van der Waals surface area contributed by atoms with E-state index in [-0.39, 0.29) is 0 Å². The summed E-state index contributed by atoms with van der Waals surface area (Å²) in [6.07, 6.45) is 0. The Bertz CT molecular complexity index is 474. The van der Waals surface area contributed by atoms with Crippen LogP contribution in [0.3, 0.4) is 0 Å². The molecule has 0 aliphatic carbocycles. The summed E-state index contributed by atoms with van der Waals surface area (Å²) in [7, 11) is 2.04. The average Bonchev–Trinajstić information content (AvgIpc) is 2.38. The third kappa shape index (κ3) is 2.39. The molecule has 0 heterocycles. The van der Waals surface area contributed by atoms with Crippen LogP contribution in [0.5, 0.6) is 0 Å². The maximum Gasteiger partial charge on any atom is 0.324 e. The normalized spacial score (nSPS) is 10.3. The number of ether oxygens (including phenoxy) is 2. The predicted molar refractivity (Wildman–Crippen MR) is 57.5 cm³/mol. The van der Waals surface area contributed by atoms with Crippen LogP contribution in [-0.2, 0) is 19.1 Å². The molecule has 0 aliphatic rings. The fraction of sp³-hybridized carbons (Fsp3) is 0.273. The second-order valence-corrected chi connectivity index (χ2v) is 3.35. The van der Waals surface area contributed by atoms with Gasteiger partial charge in [0, 0.05) is 5.56 Å². The van der Waals surface area contributed by atoms with Crippen LogP contribution in [0.15, 0.2) is 12.1 Å². The molecule has 1 aromatic carbocycles. The summed E-state index contributed by atoms with van der Waals surface area (Å²) >= 11 is 0. The highest BCUT2D eigenvalue weighted by atomic mass is 19.2. The number of benzene rings is 1. The van der Waals surface area contributed by atoms with Gasteiger partial charge in [-0.25, -0.2) is 8.78 Å². The highest BCUT2D eigenvalue weighted by Crippen LogP contribution is 2.26. The zero-order chi connectivity index (χ0) is 13.9. The Morgan fingerprint density at radius 2 is 1.61 bits per heavy atom. The number of rotatable bonds is 3. The van der Waals surface area contributed by atoms with Gasteiger partial charge in [0.25, 0.3) is 0 Å². The predicted octanol–water partition coefficient (Wildman–Crippen LogP) is 0.977. The van der Waals surface area contributed by atoms with Gasteiger partial charge < -0.3 is 15.2 Å². The summed E-state index contributed by atoms with van der Waals surface area (Å²) < 4.78 is 35.6. The molecule has 0 saturated heterocycles. The van der Waals surface area contributed by atoms with Crippen LogP contribution in [0.4, 0.5) is 14.5 Å². The van der Waals surface area contributed by atoms with Crippen molar-refractivity contribution in [1.29, 1.82) is 0 Å². The topological polar surface area (TPSA) is 78.6 Å². The first kappa shape index (κ1) is 13.9. The highest BCUT2D eigenvalue weighted by Gasteiger charge is 2.34. The number of esters is 2. The third-order valence-electron chi connectivity index (χ3n) is 2.33. The third-order valence-corrected chi connectivity index (χ3v) is 2.33. The molecule has 0 fully saturated rings. The first-order valence-electron chi connectivity index (χ1n) is 4.83. The number of hydrogen-bond acceptors (Lipinski definition) is 5. The molecule has 0 spiro atoms. The van der Waals surface area contributed by atoms with Crippen molar-refractivity contribution < 1.29 is 27.8 Å². The zero-order valence-electron chi connectivity index (χ0n) is 9.70. The lowest BCUT2D eigenvalue weighted by Gasteiger charge is -2.14. The molecule has 0 bridgehead atoms. The van der Waals surface area contributed by atoms with E-state index in [0.29, 0.717) is 0 Å². The maximum atomic E-state index is 13.6. The van der Waals surface area contributed by atoms with E-state index in [9.17, 15) is 18.4 Å². The van der Waals surface area contributed by atoms with Crippen LogP contribution in [0, 0.1) is 11.6 Å². The molecule has 0 atom stereocenters. The SMILES string of the molecule is COC(=O)C(C(=O)OC)c1ccc(N)c(F)c1F. The van der Waals surface area contributed by atoms with Crippen molar-refractivity contribution in [1.82, 2.24) is 0 Å². The van der Waals surface area contributed by atoms with E-state index in [4.69, 9.17) is 5.73 Å². The molecule has 1 aromatic rings. The highest BCUT2D eigenvalue weighted by molar-refractivity contribution is 6.00. The van der Waals surface area contributed by atoms with Crippen LogP contribution >= 0.6 is 0 Å². The van der Waals surface area contributed by atoms with E-state index in [2.05, 4.69) is 9.47 Å². The van der Waals surface area contributed by atoms with E-state index >= 15 is 0 Å². The largest absolute Gasteiger partial charge is 0.468 e. The lowest BCUT2D eigenvalue weighted by Crippen LogP contribution is -2.25. The van der Waals surface area contributed by atoms with Crippen molar-refractivity contribution in [2.24, 2.45) is 0 Å². The van der Waals surface area contributed by atoms with Gasteiger partial charge in [0.2, 0.25) is 0 Å². The van der Waals surface area contributed by atoms with Crippen LogP contribution in [0.25, 0.3) is 0 Å². The first-order valence-corrected chi connectivity index (χ1v) is 4.83. The van der Waals surface area contributed by atoms with Gasteiger partial charge in [0.05, 0.1) is 19.9 Å². The van der Waals surface area contributed by atoms with Crippen molar-refractivity contribution in [3.05, 3.63) is 29.3 Å². The van der Waals surface area contributed by atoms with E-state index in [1.54, 1.807) is 0 Å². The molecular weight excluding hydrogens is 248 g/mol. The number of anilines is 1. The molecule has 0 aromatic heterocycles. The van der Waals surface area contributed by atoms with Gasteiger partial charge in [0.15, 0.2) is 17.6 Å². The van der Waals surface area contributed by atoms with Crippen molar-refractivity contribution >= 4 is 17.6 Å². The molecule has 2 N–H and O–H groups in total. The summed E-state index contributed by atoms with van der Waals surface area (Å²) in [6.45, 7) is 0. The zero-order valence-corrected chi connectivity index (χ0v) is 9.70. The van der Waals surface area contributed by atoms with E-state index in [1.807, 2.05) is 0 Å². The van der Waals surface area contributed by atoms with Gasteiger partial charge in [-0.3, -0.25) is 9.59 Å². The molecule has 0 radical (unpaired) electrons. The minimum atomic E-state index is -1.69. The fourth-order valence-electron chi connectivity index (χ4n) is 1.39. The number of nitrogen functional groups attached to an aromatic ring is 1. The van der Waals surface area contributed by atoms with Crippen LogP contribution in [0.2, 0.25) is 0 Å². The Hall–Kier alpha value is -2.18. The molecule has 98 valence electrons. The van der Waals surface area contributed by atoms with E-state index in [0.717, 1.165) is 26.4 Å². The molecule has 0 saturated carbocycles. The smallest absolute Gasteiger partial charge is 0.324 e. The monoisotopic (exact) mass is 259 g/mol. The molecule has 0 amide bonds. The lowest BCUT2D eigenvalue weighted by atomic mass is 9.98. The second-order valence-electron chi connectivity index (χ2n) is 3.35. The molecule has 0 unspecified atom stereocenters. The van der Waals surface area contributed by atoms with Gasteiger partial charge in [-0.15, -0.1) is 0 Å². The summed E-state index contributed by atoms with van der Waals surface area (Å²) in [6, 6.07) is 2.08. The van der Waals surface area contributed by atoms with Crippen molar-refractivity contribution in [3.8, 4) is 0 Å². The molecule has 0 aliphatic heterocycles.